The summed E-state index contributed by atoms with van der Waals surface area (Å²) in [7, 11) is 0. The van der Waals surface area contributed by atoms with Crippen molar-refractivity contribution >= 4 is 29.9 Å². The van der Waals surface area contributed by atoms with Crippen molar-refractivity contribution in [3.8, 4) is 0 Å². The van der Waals surface area contributed by atoms with E-state index in [0.29, 0.717) is 6.54 Å². The average molecular weight is 259 g/mol. The second kappa shape index (κ2) is 9.16. The lowest BCUT2D eigenvalue weighted by Gasteiger charge is -1.93. The van der Waals surface area contributed by atoms with E-state index < -0.39 is 5.97 Å². The first-order valence-electron chi connectivity index (χ1n) is 3.19. The Hall–Kier alpha value is 0.160. The van der Waals surface area contributed by atoms with Gasteiger partial charge in [0.15, 0.2) is 0 Å². The van der Waals surface area contributed by atoms with E-state index in [0.717, 1.165) is 19.3 Å². The van der Waals surface area contributed by atoms with Crippen molar-refractivity contribution in [2.24, 2.45) is 5.73 Å². The Bertz CT molecular complexity index is 87.8. The fraction of sp³-hybridized carbons (Fsp3) is 0.833. The standard InChI is InChI=1S/C6H13NO2.HI/c7-5-3-1-2-4-6(8)9;/h1-5,7H2,(H,8,9);1H. The lowest BCUT2D eigenvalue weighted by molar-refractivity contribution is -0.137. The first-order chi connectivity index (χ1) is 4.27. The first-order valence-corrected chi connectivity index (χ1v) is 3.19. The number of hydrogen-bond donors (Lipinski definition) is 2. The molecule has 0 bridgehead atoms. The van der Waals surface area contributed by atoms with Crippen LogP contribution in [0.4, 0.5) is 0 Å². The van der Waals surface area contributed by atoms with E-state index in [-0.39, 0.29) is 30.4 Å². The highest BCUT2D eigenvalue weighted by atomic mass is 127. The van der Waals surface area contributed by atoms with Crippen molar-refractivity contribution in [2.75, 3.05) is 6.54 Å². The Morgan fingerprint density at radius 2 is 1.90 bits per heavy atom. The van der Waals surface area contributed by atoms with Gasteiger partial charge in [0.05, 0.1) is 0 Å². The molecule has 0 amide bonds. The van der Waals surface area contributed by atoms with E-state index in [1.54, 1.807) is 0 Å². The van der Waals surface area contributed by atoms with Gasteiger partial charge in [0.25, 0.3) is 0 Å². The summed E-state index contributed by atoms with van der Waals surface area (Å²) in [5, 5.41) is 8.18. The molecule has 0 atom stereocenters. The zero-order valence-corrected chi connectivity index (χ0v) is 8.21. The van der Waals surface area contributed by atoms with Crippen LogP contribution in [-0.2, 0) is 4.79 Å². The topological polar surface area (TPSA) is 63.3 Å². The van der Waals surface area contributed by atoms with Crippen LogP contribution in [-0.4, -0.2) is 17.6 Å². The molecule has 4 heteroatoms. The van der Waals surface area contributed by atoms with Gasteiger partial charge >= 0.3 is 5.97 Å². The summed E-state index contributed by atoms with van der Waals surface area (Å²) in [6, 6.07) is 0. The van der Waals surface area contributed by atoms with Crippen molar-refractivity contribution in [3.63, 3.8) is 0 Å². The summed E-state index contributed by atoms with van der Waals surface area (Å²) in [6.45, 7) is 0.666. The maximum atomic E-state index is 9.93. The number of halogens is 1. The molecule has 3 N–H and O–H groups in total. The van der Waals surface area contributed by atoms with Crippen LogP contribution < -0.4 is 5.73 Å². The van der Waals surface area contributed by atoms with Crippen molar-refractivity contribution in [2.45, 2.75) is 25.7 Å². The number of nitrogens with two attached hydrogens (primary N) is 1. The third-order valence-corrected chi connectivity index (χ3v) is 1.09. The fourth-order valence-electron chi connectivity index (χ4n) is 0.597. The maximum absolute atomic E-state index is 9.93. The van der Waals surface area contributed by atoms with Gasteiger partial charge in [-0.1, -0.05) is 6.42 Å². The minimum absolute atomic E-state index is 0. The van der Waals surface area contributed by atoms with E-state index in [9.17, 15) is 4.79 Å². The van der Waals surface area contributed by atoms with Crippen LogP contribution in [0.15, 0.2) is 0 Å². The lowest BCUT2D eigenvalue weighted by Crippen LogP contribution is -1.99. The Labute approximate surface area is 78.0 Å². The smallest absolute Gasteiger partial charge is 0.303 e. The second-order valence-electron chi connectivity index (χ2n) is 1.99. The highest BCUT2D eigenvalue weighted by Crippen LogP contribution is 1.97. The minimum atomic E-state index is -0.716. The van der Waals surface area contributed by atoms with Crippen LogP contribution in [0.25, 0.3) is 0 Å². The van der Waals surface area contributed by atoms with E-state index in [1.165, 1.54) is 0 Å². The molecule has 0 radical (unpaired) electrons. The molecule has 0 saturated heterocycles. The summed E-state index contributed by atoms with van der Waals surface area (Å²) >= 11 is 0. The Balaban J connectivity index is 0. The average Bonchev–Trinajstić information content (AvgIpc) is 1.80. The minimum Gasteiger partial charge on any atom is -0.481 e. The fourth-order valence-corrected chi connectivity index (χ4v) is 0.597. The number of carbonyl (C=O) groups is 1. The van der Waals surface area contributed by atoms with Gasteiger partial charge in [-0.2, -0.15) is 0 Å². The molecule has 0 aliphatic rings. The van der Waals surface area contributed by atoms with E-state index in [1.807, 2.05) is 0 Å². The maximum Gasteiger partial charge on any atom is 0.303 e. The van der Waals surface area contributed by atoms with E-state index in [2.05, 4.69) is 0 Å². The first kappa shape index (κ1) is 12.8. The molecule has 0 aromatic carbocycles. The number of hydrogen-bond acceptors (Lipinski definition) is 2. The van der Waals surface area contributed by atoms with Gasteiger partial charge < -0.3 is 10.8 Å². The van der Waals surface area contributed by atoms with Gasteiger partial charge in [0.2, 0.25) is 0 Å². The molecular weight excluding hydrogens is 245 g/mol. The molecule has 10 heavy (non-hydrogen) atoms. The molecule has 0 aromatic heterocycles. The molecule has 0 fully saturated rings. The van der Waals surface area contributed by atoms with Crippen LogP contribution in [0.1, 0.15) is 25.7 Å². The molecule has 0 heterocycles. The Morgan fingerprint density at radius 3 is 2.30 bits per heavy atom. The SMILES string of the molecule is I.NCCCCCC(=O)O. The van der Waals surface area contributed by atoms with Crippen LogP contribution in [0.2, 0.25) is 0 Å². The van der Waals surface area contributed by atoms with Crippen LogP contribution in [0.3, 0.4) is 0 Å². The number of rotatable bonds is 5. The molecule has 0 aliphatic heterocycles. The lowest BCUT2D eigenvalue weighted by atomic mass is 10.2. The molecule has 0 spiro atoms. The molecule has 62 valence electrons. The molecular formula is C6H14INO2. The van der Waals surface area contributed by atoms with Crippen molar-refractivity contribution in [1.82, 2.24) is 0 Å². The van der Waals surface area contributed by atoms with E-state index >= 15 is 0 Å². The normalized spacial score (nSPS) is 8.50. The van der Waals surface area contributed by atoms with Gasteiger partial charge in [-0.15, -0.1) is 24.0 Å². The highest BCUT2D eigenvalue weighted by molar-refractivity contribution is 14.0. The van der Waals surface area contributed by atoms with Gasteiger partial charge in [-0.05, 0) is 19.4 Å². The van der Waals surface area contributed by atoms with Gasteiger partial charge in [0, 0.05) is 6.42 Å². The quantitative estimate of drug-likeness (QED) is 0.576. The second-order valence-corrected chi connectivity index (χ2v) is 1.99. The zero-order valence-electron chi connectivity index (χ0n) is 5.88. The van der Waals surface area contributed by atoms with Crippen LogP contribution in [0.5, 0.6) is 0 Å². The van der Waals surface area contributed by atoms with Crippen LogP contribution >= 0.6 is 24.0 Å². The van der Waals surface area contributed by atoms with Crippen molar-refractivity contribution in [1.29, 1.82) is 0 Å². The Kier molecular flexibility index (Phi) is 11.7. The van der Waals surface area contributed by atoms with Crippen molar-refractivity contribution < 1.29 is 9.90 Å². The third-order valence-electron chi connectivity index (χ3n) is 1.09. The summed E-state index contributed by atoms with van der Waals surface area (Å²) in [6.07, 6.45) is 2.91. The molecule has 3 nitrogen and oxygen atoms in total. The summed E-state index contributed by atoms with van der Waals surface area (Å²) in [5.41, 5.74) is 5.20. The summed E-state index contributed by atoms with van der Waals surface area (Å²) in [4.78, 5) is 9.93. The van der Waals surface area contributed by atoms with E-state index in [4.69, 9.17) is 10.8 Å². The number of unbranched alkanes of at least 4 members (excludes halogenated alkanes) is 2. The zero-order chi connectivity index (χ0) is 7.11. The number of carboxylic acids is 1. The monoisotopic (exact) mass is 259 g/mol. The molecule has 0 aromatic rings. The predicted octanol–water partition coefficient (Wildman–Crippen LogP) is 1.21. The number of aliphatic carboxylic acids is 1. The summed E-state index contributed by atoms with van der Waals surface area (Å²) < 4.78 is 0. The highest BCUT2D eigenvalue weighted by Gasteiger charge is 1.94. The molecule has 0 aliphatic carbocycles. The molecule has 0 rings (SSSR count). The summed E-state index contributed by atoms with van der Waals surface area (Å²) in [5.74, 6) is -0.716. The molecule has 0 unspecified atom stereocenters. The van der Waals surface area contributed by atoms with Gasteiger partial charge in [-0.25, -0.2) is 0 Å². The number of carboxylic acid groups (broad SMARTS) is 1. The van der Waals surface area contributed by atoms with Gasteiger partial charge in [-0.3, -0.25) is 4.79 Å². The Morgan fingerprint density at radius 1 is 1.30 bits per heavy atom. The van der Waals surface area contributed by atoms with Crippen molar-refractivity contribution in [3.05, 3.63) is 0 Å². The van der Waals surface area contributed by atoms with Gasteiger partial charge in [0.1, 0.15) is 0 Å². The molecule has 0 saturated carbocycles. The third kappa shape index (κ3) is 11.0. The largest absolute Gasteiger partial charge is 0.481 e. The van der Waals surface area contributed by atoms with Crippen LogP contribution in [0, 0.1) is 0 Å². The predicted molar refractivity (Wildman–Crippen MR) is 50.6 cm³/mol.